The van der Waals surface area contributed by atoms with Gasteiger partial charge in [0.1, 0.15) is 11.5 Å². The van der Waals surface area contributed by atoms with Gasteiger partial charge in [-0.25, -0.2) is 0 Å². The molecule has 0 aromatic heterocycles. The Morgan fingerprint density at radius 1 is 0.960 bits per heavy atom. The second-order valence-electron chi connectivity index (χ2n) is 6.62. The van der Waals surface area contributed by atoms with Crippen molar-refractivity contribution in [3.05, 3.63) is 54.1 Å². The maximum absolute atomic E-state index is 12.2. The van der Waals surface area contributed by atoms with Crippen LogP contribution in [0.4, 0.5) is 5.69 Å². The van der Waals surface area contributed by atoms with Gasteiger partial charge in [-0.3, -0.25) is 4.79 Å². The van der Waals surface area contributed by atoms with Crippen molar-refractivity contribution >= 4 is 11.6 Å². The molecule has 0 heterocycles. The van der Waals surface area contributed by atoms with Crippen LogP contribution in [0, 0.1) is 12.8 Å². The Morgan fingerprint density at radius 3 is 2.16 bits per heavy atom. The lowest BCUT2D eigenvalue weighted by Crippen LogP contribution is -2.30. The quantitative estimate of drug-likeness (QED) is 0.748. The zero-order valence-electron chi connectivity index (χ0n) is 15.4. The van der Waals surface area contributed by atoms with Crippen LogP contribution in [0.5, 0.6) is 11.5 Å². The molecule has 2 aromatic carbocycles. The Labute approximate surface area is 150 Å². The molecule has 0 spiro atoms. The summed E-state index contributed by atoms with van der Waals surface area (Å²) in [7, 11) is 0. The first-order chi connectivity index (χ1) is 11.9. The van der Waals surface area contributed by atoms with Gasteiger partial charge in [0, 0.05) is 5.69 Å². The molecule has 2 aromatic rings. The Bertz CT molecular complexity index is 663. The van der Waals surface area contributed by atoms with Crippen LogP contribution < -0.4 is 14.8 Å². The molecular formula is C21H27NO3. The third kappa shape index (κ3) is 6.49. The minimum Gasteiger partial charge on any atom is -0.494 e. The molecule has 1 N–H and O–H groups in total. The average Bonchev–Trinajstić information content (AvgIpc) is 2.58. The van der Waals surface area contributed by atoms with Crippen molar-refractivity contribution in [3.63, 3.8) is 0 Å². The molecule has 1 atom stereocenters. The molecule has 1 unspecified atom stereocenters. The zero-order valence-corrected chi connectivity index (χ0v) is 15.4. The third-order valence-corrected chi connectivity index (χ3v) is 3.79. The number of anilines is 1. The lowest BCUT2D eigenvalue weighted by atomic mass is 10.1. The number of carbonyl (C=O) groups excluding carboxylic acids is 1. The first-order valence-electron chi connectivity index (χ1n) is 8.71. The molecule has 0 aliphatic heterocycles. The van der Waals surface area contributed by atoms with E-state index in [4.69, 9.17) is 9.47 Å². The van der Waals surface area contributed by atoms with E-state index in [1.54, 1.807) is 6.92 Å². The molecule has 0 aliphatic carbocycles. The maximum atomic E-state index is 12.2. The molecule has 0 aliphatic rings. The van der Waals surface area contributed by atoms with E-state index in [1.165, 1.54) is 0 Å². The van der Waals surface area contributed by atoms with Gasteiger partial charge in [0.05, 0.1) is 6.61 Å². The molecule has 0 bridgehead atoms. The highest BCUT2D eigenvalue weighted by molar-refractivity contribution is 5.94. The van der Waals surface area contributed by atoms with Gasteiger partial charge in [0.25, 0.3) is 5.91 Å². The van der Waals surface area contributed by atoms with Crippen molar-refractivity contribution in [3.8, 4) is 11.5 Å². The molecular weight excluding hydrogens is 314 g/mol. The highest BCUT2D eigenvalue weighted by Crippen LogP contribution is 2.18. The fourth-order valence-electron chi connectivity index (χ4n) is 2.17. The van der Waals surface area contributed by atoms with E-state index in [1.807, 2.05) is 55.5 Å². The van der Waals surface area contributed by atoms with Gasteiger partial charge >= 0.3 is 0 Å². The average molecular weight is 341 g/mol. The number of amides is 1. The van der Waals surface area contributed by atoms with Gasteiger partial charge in [0.15, 0.2) is 6.10 Å². The van der Waals surface area contributed by atoms with E-state index < -0.39 is 6.10 Å². The second kappa shape index (κ2) is 9.11. The van der Waals surface area contributed by atoms with Crippen LogP contribution in [-0.4, -0.2) is 18.6 Å². The van der Waals surface area contributed by atoms with Gasteiger partial charge in [-0.15, -0.1) is 0 Å². The Hall–Kier alpha value is -2.49. The molecule has 0 saturated heterocycles. The minimum absolute atomic E-state index is 0.186. The first-order valence-corrected chi connectivity index (χ1v) is 8.71. The van der Waals surface area contributed by atoms with Crippen molar-refractivity contribution in [2.45, 2.75) is 40.2 Å². The van der Waals surface area contributed by atoms with Crippen LogP contribution in [0.1, 0.15) is 32.8 Å². The summed E-state index contributed by atoms with van der Waals surface area (Å²) < 4.78 is 11.3. The van der Waals surface area contributed by atoms with Crippen LogP contribution in [0.2, 0.25) is 0 Å². The summed E-state index contributed by atoms with van der Waals surface area (Å²) in [6, 6.07) is 15.0. The van der Waals surface area contributed by atoms with Gasteiger partial charge in [-0.1, -0.05) is 31.5 Å². The van der Waals surface area contributed by atoms with E-state index in [-0.39, 0.29) is 5.91 Å². The summed E-state index contributed by atoms with van der Waals surface area (Å²) in [6.45, 7) is 8.78. The van der Waals surface area contributed by atoms with Gasteiger partial charge < -0.3 is 14.8 Å². The lowest BCUT2D eigenvalue weighted by molar-refractivity contribution is -0.122. The summed E-state index contributed by atoms with van der Waals surface area (Å²) in [5, 5.41) is 2.86. The van der Waals surface area contributed by atoms with Gasteiger partial charge in [-0.05, 0) is 62.6 Å². The van der Waals surface area contributed by atoms with Crippen LogP contribution in [0.15, 0.2) is 48.5 Å². The molecule has 4 heteroatoms. The Kier molecular flexibility index (Phi) is 6.87. The van der Waals surface area contributed by atoms with Crippen molar-refractivity contribution in [2.75, 3.05) is 11.9 Å². The number of benzene rings is 2. The highest BCUT2D eigenvalue weighted by atomic mass is 16.5. The van der Waals surface area contributed by atoms with Crippen LogP contribution in [0.25, 0.3) is 0 Å². The number of hydrogen-bond donors (Lipinski definition) is 1. The summed E-state index contributed by atoms with van der Waals surface area (Å²) in [4.78, 5) is 12.2. The monoisotopic (exact) mass is 341 g/mol. The predicted molar refractivity (Wildman–Crippen MR) is 101 cm³/mol. The van der Waals surface area contributed by atoms with Gasteiger partial charge in [-0.2, -0.15) is 0 Å². The summed E-state index contributed by atoms with van der Waals surface area (Å²) in [5.41, 5.74) is 1.88. The minimum atomic E-state index is -0.579. The molecule has 0 radical (unpaired) electrons. The maximum Gasteiger partial charge on any atom is 0.265 e. The summed E-state index contributed by atoms with van der Waals surface area (Å²) >= 11 is 0. The fourth-order valence-corrected chi connectivity index (χ4v) is 2.17. The van der Waals surface area contributed by atoms with Crippen LogP contribution >= 0.6 is 0 Å². The molecule has 134 valence electrons. The van der Waals surface area contributed by atoms with Gasteiger partial charge in [0.2, 0.25) is 0 Å². The predicted octanol–water partition coefficient (Wildman–Crippen LogP) is 4.83. The number of hydrogen-bond acceptors (Lipinski definition) is 3. The Balaban J connectivity index is 1.83. The number of aryl methyl sites for hydroxylation is 1. The number of carbonyl (C=O) groups is 1. The van der Waals surface area contributed by atoms with Crippen molar-refractivity contribution < 1.29 is 14.3 Å². The summed E-state index contributed by atoms with van der Waals surface area (Å²) in [6.07, 6.45) is 0.441. The molecule has 0 fully saturated rings. The Morgan fingerprint density at radius 2 is 1.56 bits per heavy atom. The second-order valence-corrected chi connectivity index (χ2v) is 6.62. The van der Waals surface area contributed by atoms with Crippen molar-refractivity contribution in [1.29, 1.82) is 0 Å². The SMILES string of the molecule is Cc1ccc(OC(C)C(=O)Nc2ccc(OCCC(C)C)cc2)cc1. The number of ether oxygens (including phenoxy) is 2. The van der Waals surface area contributed by atoms with E-state index in [0.29, 0.717) is 18.3 Å². The normalized spacial score (nSPS) is 11.9. The molecule has 0 saturated carbocycles. The van der Waals surface area contributed by atoms with Crippen LogP contribution in [-0.2, 0) is 4.79 Å². The largest absolute Gasteiger partial charge is 0.494 e. The van der Waals surface area contributed by atoms with E-state index in [2.05, 4.69) is 19.2 Å². The molecule has 2 rings (SSSR count). The van der Waals surface area contributed by atoms with E-state index in [0.717, 1.165) is 23.4 Å². The van der Waals surface area contributed by atoms with E-state index in [9.17, 15) is 4.79 Å². The molecule has 4 nitrogen and oxygen atoms in total. The zero-order chi connectivity index (χ0) is 18.2. The summed E-state index contributed by atoms with van der Waals surface area (Å²) in [5.74, 6) is 1.92. The topological polar surface area (TPSA) is 47.6 Å². The first kappa shape index (κ1) is 18.8. The lowest BCUT2D eigenvalue weighted by Gasteiger charge is -2.15. The number of nitrogens with one attached hydrogen (secondary N) is 1. The van der Waals surface area contributed by atoms with E-state index >= 15 is 0 Å². The number of rotatable bonds is 8. The molecule has 1 amide bonds. The van der Waals surface area contributed by atoms with Crippen molar-refractivity contribution in [2.24, 2.45) is 5.92 Å². The fraction of sp³-hybridized carbons (Fsp3) is 0.381. The standard InChI is InChI=1S/C21H27NO3/c1-15(2)13-14-24-19-11-7-18(8-12-19)22-21(23)17(4)25-20-9-5-16(3)6-10-20/h5-12,15,17H,13-14H2,1-4H3,(H,22,23). The molecule has 25 heavy (non-hydrogen) atoms. The van der Waals surface area contributed by atoms with Crippen molar-refractivity contribution in [1.82, 2.24) is 0 Å². The smallest absolute Gasteiger partial charge is 0.265 e. The third-order valence-electron chi connectivity index (χ3n) is 3.79. The highest BCUT2D eigenvalue weighted by Gasteiger charge is 2.14. The van der Waals surface area contributed by atoms with Crippen LogP contribution in [0.3, 0.4) is 0 Å².